The molecule has 0 spiro atoms. The average molecular weight is 205 g/mol. The van der Waals surface area contributed by atoms with Crippen LogP contribution in [0.1, 0.15) is 13.3 Å². The summed E-state index contributed by atoms with van der Waals surface area (Å²) in [6, 6.07) is 1.71. The van der Waals surface area contributed by atoms with Gasteiger partial charge in [-0.2, -0.15) is 5.10 Å². The van der Waals surface area contributed by atoms with Crippen LogP contribution in [-0.4, -0.2) is 33.0 Å². The predicted molar refractivity (Wildman–Crippen MR) is 53.5 cm³/mol. The maximum Gasteiger partial charge on any atom is 0.279 e. The van der Waals surface area contributed by atoms with Crippen molar-refractivity contribution in [2.24, 2.45) is 0 Å². The third-order valence-corrected chi connectivity index (χ3v) is 2.19. The number of hydrogen-bond acceptors (Lipinski definition) is 3. The molecule has 0 unspecified atom stereocenters. The van der Waals surface area contributed by atoms with Gasteiger partial charge in [0, 0.05) is 25.0 Å². The maximum atomic E-state index is 11.8. The van der Waals surface area contributed by atoms with Crippen molar-refractivity contribution in [3.05, 3.63) is 24.5 Å². The van der Waals surface area contributed by atoms with Gasteiger partial charge in [0.15, 0.2) is 0 Å². The van der Waals surface area contributed by atoms with Crippen molar-refractivity contribution in [3.63, 3.8) is 0 Å². The molecule has 1 aliphatic heterocycles. The van der Waals surface area contributed by atoms with E-state index >= 15 is 0 Å². The van der Waals surface area contributed by atoms with E-state index in [4.69, 9.17) is 0 Å². The fraction of sp³-hybridized carbons (Fsp3) is 0.300. The molecule has 0 aliphatic carbocycles. The summed E-state index contributed by atoms with van der Waals surface area (Å²) in [5.41, 5.74) is 0.318. The van der Waals surface area contributed by atoms with Crippen molar-refractivity contribution < 1.29 is 9.59 Å². The van der Waals surface area contributed by atoms with Crippen LogP contribution in [0.4, 0.5) is 0 Å². The predicted octanol–water partition coefficient (Wildman–Crippen LogP) is 0.503. The van der Waals surface area contributed by atoms with Gasteiger partial charge in [0.1, 0.15) is 5.70 Å². The smallest absolute Gasteiger partial charge is 0.273 e. The summed E-state index contributed by atoms with van der Waals surface area (Å²) in [6.07, 6.45) is 5.30. The molecule has 0 N–H and O–H groups in total. The molecule has 0 radical (unpaired) electrons. The molecule has 2 heterocycles. The van der Waals surface area contributed by atoms with Crippen LogP contribution in [0.3, 0.4) is 0 Å². The molecular weight excluding hydrogens is 194 g/mol. The number of nitrogens with zero attached hydrogens (tertiary/aromatic N) is 3. The van der Waals surface area contributed by atoms with Gasteiger partial charge in [0.25, 0.3) is 11.8 Å². The monoisotopic (exact) mass is 205 g/mol. The molecule has 2 rings (SSSR count). The lowest BCUT2D eigenvalue weighted by Crippen LogP contribution is -2.32. The normalized spacial score (nSPS) is 16.1. The summed E-state index contributed by atoms with van der Waals surface area (Å²) in [6.45, 7) is 2.38. The van der Waals surface area contributed by atoms with Gasteiger partial charge in [-0.05, 0) is 12.5 Å². The number of aromatic nitrogens is 2. The second-order valence-corrected chi connectivity index (χ2v) is 3.28. The Kier molecular flexibility index (Phi) is 2.37. The van der Waals surface area contributed by atoms with Gasteiger partial charge in [-0.15, -0.1) is 0 Å². The number of carbonyl (C=O) groups is 2. The van der Waals surface area contributed by atoms with Gasteiger partial charge >= 0.3 is 0 Å². The van der Waals surface area contributed by atoms with E-state index in [1.807, 2.05) is 6.92 Å². The van der Waals surface area contributed by atoms with E-state index in [9.17, 15) is 9.59 Å². The van der Waals surface area contributed by atoms with Crippen LogP contribution in [-0.2, 0) is 9.59 Å². The molecule has 0 bridgehead atoms. The molecule has 1 aromatic rings. The van der Waals surface area contributed by atoms with Gasteiger partial charge in [-0.25, -0.2) is 4.68 Å². The van der Waals surface area contributed by atoms with Crippen LogP contribution in [0.5, 0.6) is 0 Å². The molecule has 15 heavy (non-hydrogen) atoms. The Morgan fingerprint density at radius 1 is 1.40 bits per heavy atom. The molecule has 1 aliphatic rings. The first kappa shape index (κ1) is 9.64. The second-order valence-electron chi connectivity index (χ2n) is 3.28. The van der Waals surface area contributed by atoms with Crippen molar-refractivity contribution in [2.75, 3.05) is 6.54 Å². The number of rotatable bonds is 3. The largest absolute Gasteiger partial charge is 0.279 e. The fourth-order valence-corrected chi connectivity index (χ4v) is 1.51. The highest BCUT2D eigenvalue weighted by Crippen LogP contribution is 2.16. The summed E-state index contributed by atoms with van der Waals surface area (Å²) >= 11 is 0. The van der Waals surface area contributed by atoms with E-state index in [1.165, 1.54) is 15.7 Å². The van der Waals surface area contributed by atoms with E-state index in [0.29, 0.717) is 12.2 Å². The SMILES string of the molecule is CCCN1C(=O)C=C(n2cccn2)C1=O. The van der Waals surface area contributed by atoms with Crippen molar-refractivity contribution in [2.45, 2.75) is 13.3 Å². The number of imide groups is 1. The molecule has 0 saturated heterocycles. The van der Waals surface area contributed by atoms with Crippen LogP contribution < -0.4 is 0 Å². The Morgan fingerprint density at radius 2 is 2.20 bits per heavy atom. The zero-order valence-electron chi connectivity index (χ0n) is 8.38. The summed E-state index contributed by atoms with van der Waals surface area (Å²) in [7, 11) is 0. The molecule has 0 atom stereocenters. The van der Waals surface area contributed by atoms with E-state index in [1.54, 1.807) is 18.5 Å². The zero-order chi connectivity index (χ0) is 10.8. The third kappa shape index (κ3) is 1.56. The van der Waals surface area contributed by atoms with Gasteiger partial charge < -0.3 is 0 Å². The molecule has 2 amide bonds. The van der Waals surface area contributed by atoms with Crippen LogP contribution >= 0.6 is 0 Å². The highest BCUT2D eigenvalue weighted by atomic mass is 16.2. The van der Waals surface area contributed by atoms with E-state index < -0.39 is 0 Å². The first-order chi connectivity index (χ1) is 7.24. The van der Waals surface area contributed by atoms with Gasteiger partial charge in [0.05, 0.1) is 0 Å². The minimum Gasteiger partial charge on any atom is -0.273 e. The van der Waals surface area contributed by atoms with Crippen LogP contribution in [0.25, 0.3) is 5.70 Å². The van der Waals surface area contributed by atoms with Gasteiger partial charge in [-0.3, -0.25) is 14.5 Å². The Morgan fingerprint density at radius 3 is 2.80 bits per heavy atom. The molecule has 0 fully saturated rings. The summed E-state index contributed by atoms with van der Waals surface area (Å²) in [5.74, 6) is -0.530. The molecule has 0 saturated carbocycles. The molecule has 5 nitrogen and oxygen atoms in total. The molecular formula is C10H11N3O2. The van der Waals surface area contributed by atoms with E-state index in [2.05, 4.69) is 5.10 Å². The lowest BCUT2D eigenvalue weighted by molar-refractivity contribution is -0.136. The summed E-state index contributed by atoms with van der Waals surface area (Å²) < 4.78 is 1.41. The first-order valence-electron chi connectivity index (χ1n) is 4.81. The molecule has 5 heteroatoms. The Bertz CT molecular complexity index is 420. The van der Waals surface area contributed by atoms with Crippen LogP contribution in [0, 0.1) is 0 Å². The van der Waals surface area contributed by atoms with Gasteiger partial charge in [0.2, 0.25) is 0 Å². The molecule has 1 aromatic heterocycles. The highest BCUT2D eigenvalue weighted by molar-refractivity contribution is 6.29. The third-order valence-electron chi connectivity index (χ3n) is 2.19. The van der Waals surface area contributed by atoms with Crippen molar-refractivity contribution in [3.8, 4) is 0 Å². The maximum absolute atomic E-state index is 11.8. The Balaban J connectivity index is 2.27. The Hall–Kier alpha value is -1.91. The quantitative estimate of drug-likeness (QED) is 0.675. The summed E-state index contributed by atoms with van der Waals surface area (Å²) in [4.78, 5) is 24.5. The lowest BCUT2D eigenvalue weighted by atomic mass is 10.4. The summed E-state index contributed by atoms with van der Waals surface area (Å²) in [5, 5.41) is 3.93. The topological polar surface area (TPSA) is 55.2 Å². The van der Waals surface area contributed by atoms with E-state index in [-0.39, 0.29) is 11.8 Å². The number of hydrogen-bond donors (Lipinski definition) is 0. The fourth-order valence-electron chi connectivity index (χ4n) is 1.51. The second kappa shape index (κ2) is 3.68. The van der Waals surface area contributed by atoms with Crippen molar-refractivity contribution in [1.82, 2.24) is 14.7 Å². The average Bonchev–Trinajstić information content (AvgIpc) is 2.81. The van der Waals surface area contributed by atoms with Crippen LogP contribution in [0.2, 0.25) is 0 Å². The molecule has 78 valence electrons. The van der Waals surface area contributed by atoms with Crippen molar-refractivity contribution >= 4 is 17.5 Å². The lowest BCUT2D eigenvalue weighted by Gasteiger charge is -2.12. The standard InChI is InChI=1S/C10H11N3O2/c1-2-5-12-9(14)7-8(10(12)15)13-6-3-4-11-13/h3-4,6-7H,2,5H2,1H3. The molecule has 0 aromatic carbocycles. The zero-order valence-corrected chi connectivity index (χ0v) is 8.38. The van der Waals surface area contributed by atoms with Gasteiger partial charge in [-0.1, -0.05) is 6.92 Å². The Labute approximate surface area is 87.0 Å². The van der Waals surface area contributed by atoms with E-state index in [0.717, 1.165) is 6.42 Å². The minimum absolute atomic E-state index is 0.257. The number of carbonyl (C=O) groups excluding carboxylic acids is 2. The first-order valence-corrected chi connectivity index (χ1v) is 4.81. The number of amides is 2. The van der Waals surface area contributed by atoms with Crippen LogP contribution in [0.15, 0.2) is 24.5 Å². The minimum atomic E-state index is -0.273. The van der Waals surface area contributed by atoms with Crippen molar-refractivity contribution in [1.29, 1.82) is 0 Å². The highest BCUT2D eigenvalue weighted by Gasteiger charge is 2.31.